The molecule has 1 aromatic carbocycles. The standard InChI is InChI=1S/C13H15F2NO/c1-9-4-2-3-7-16(9)13(17)10-5-6-11(14)12(15)8-10/h5-6,8-9H,2-4,7H2,1H3/t9-/m0/s1. The molecule has 0 aliphatic carbocycles. The van der Waals surface area contributed by atoms with E-state index in [1.807, 2.05) is 6.92 Å². The summed E-state index contributed by atoms with van der Waals surface area (Å²) < 4.78 is 25.8. The summed E-state index contributed by atoms with van der Waals surface area (Å²) >= 11 is 0. The van der Waals surface area contributed by atoms with Gasteiger partial charge in [0.15, 0.2) is 11.6 Å². The zero-order valence-corrected chi connectivity index (χ0v) is 9.75. The molecule has 1 fully saturated rings. The molecule has 0 unspecified atom stereocenters. The normalized spacial score (nSPS) is 20.4. The van der Waals surface area contributed by atoms with Crippen LogP contribution in [0.3, 0.4) is 0 Å². The number of carbonyl (C=O) groups is 1. The average molecular weight is 239 g/mol. The quantitative estimate of drug-likeness (QED) is 0.737. The van der Waals surface area contributed by atoms with Crippen molar-refractivity contribution >= 4 is 5.91 Å². The van der Waals surface area contributed by atoms with E-state index in [9.17, 15) is 13.6 Å². The molecule has 1 aromatic rings. The Balaban J connectivity index is 2.21. The molecule has 1 aliphatic heterocycles. The third-order valence-electron chi connectivity index (χ3n) is 3.23. The largest absolute Gasteiger partial charge is 0.336 e. The van der Waals surface area contributed by atoms with Gasteiger partial charge >= 0.3 is 0 Å². The SMILES string of the molecule is C[C@H]1CCCCN1C(=O)c1ccc(F)c(F)c1. The van der Waals surface area contributed by atoms with Crippen molar-refractivity contribution in [3.05, 3.63) is 35.4 Å². The number of nitrogens with zero attached hydrogens (tertiary/aromatic N) is 1. The van der Waals surface area contributed by atoms with Gasteiger partial charge in [-0.15, -0.1) is 0 Å². The first-order valence-electron chi connectivity index (χ1n) is 5.85. The Kier molecular flexibility index (Phi) is 3.41. The Hall–Kier alpha value is -1.45. The Morgan fingerprint density at radius 1 is 1.29 bits per heavy atom. The molecule has 1 atom stereocenters. The summed E-state index contributed by atoms with van der Waals surface area (Å²) in [5.74, 6) is -2.11. The predicted octanol–water partition coefficient (Wildman–Crippen LogP) is 2.98. The lowest BCUT2D eigenvalue weighted by Gasteiger charge is -2.33. The molecule has 0 spiro atoms. The van der Waals surface area contributed by atoms with Gasteiger partial charge in [-0.3, -0.25) is 4.79 Å². The van der Waals surface area contributed by atoms with Crippen molar-refractivity contribution in [2.45, 2.75) is 32.2 Å². The maximum Gasteiger partial charge on any atom is 0.254 e. The first-order chi connectivity index (χ1) is 8.09. The van der Waals surface area contributed by atoms with Crippen molar-refractivity contribution in [3.8, 4) is 0 Å². The number of benzene rings is 1. The highest BCUT2D eigenvalue weighted by Crippen LogP contribution is 2.20. The van der Waals surface area contributed by atoms with Crippen LogP contribution < -0.4 is 0 Å². The second-order valence-electron chi connectivity index (χ2n) is 4.47. The Morgan fingerprint density at radius 2 is 2.06 bits per heavy atom. The van der Waals surface area contributed by atoms with Crippen LogP contribution >= 0.6 is 0 Å². The lowest BCUT2D eigenvalue weighted by atomic mass is 10.0. The van der Waals surface area contributed by atoms with E-state index >= 15 is 0 Å². The highest BCUT2D eigenvalue weighted by atomic mass is 19.2. The molecule has 0 bridgehead atoms. The summed E-state index contributed by atoms with van der Waals surface area (Å²) in [6.07, 6.45) is 3.05. The minimum absolute atomic E-state index is 0.171. The van der Waals surface area contributed by atoms with Crippen LogP contribution in [0.1, 0.15) is 36.5 Å². The number of amides is 1. The summed E-state index contributed by atoms with van der Waals surface area (Å²) in [7, 11) is 0. The van der Waals surface area contributed by atoms with Gasteiger partial charge in [-0.1, -0.05) is 0 Å². The second-order valence-corrected chi connectivity index (χ2v) is 4.47. The zero-order valence-electron chi connectivity index (χ0n) is 9.75. The van der Waals surface area contributed by atoms with Gasteiger partial charge in [0.25, 0.3) is 5.91 Å². The van der Waals surface area contributed by atoms with Gasteiger partial charge in [0, 0.05) is 18.2 Å². The van der Waals surface area contributed by atoms with E-state index in [0.717, 1.165) is 31.4 Å². The van der Waals surface area contributed by atoms with Gasteiger partial charge in [-0.25, -0.2) is 8.78 Å². The van der Waals surface area contributed by atoms with Crippen LogP contribution in [0.25, 0.3) is 0 Å². The molecule has 17 heavy (non-hydrogen) atoms. The maximum absolute atomic E-state index is 13.1. The lowest BCUT2D eigenvalue weighted by Crippen LogP contribution is -2.42. The van der Waals surface area contributed by atoms with Crippen LogP contribution in [-0.2, 0) is 0 Å². The monoisotopic (exact) mass is 239 g/mol. The maximum atomic E-state index is 13.1. The second kappa shape index (κ2) is 4.82. The van der Waals surface area contributed by atoms with Gasteiger partial charge < -0.3 is 4.90 Å². The van der Waals surface area contributed by atoms with Gasteiger partial charge in [0.2, 0.25) is 0 Å². The van der Waals surface area contributed by atoms with E-state index < -0.39 is 11.6 Å². The Bertz CT molecular complexity index is 433. The van der Waals surface area contributed by atoms with Crippen LogP contribution in [0.5, 0.6) is 0 Å². The van der Waals surface area contributed by atoms with Crippen LogP contribution in [0.4, 0.5) is 8.78 Å². The van der Waals surface area contributed by atoms with Gasteiger partial charge in [-0.05, 0) is 44.4 Å². The fourth-order valence-electron chi connectivity index (χ4n) is 2.19. The van der Waals surface area contributed by atoms with E-state index in [4.69, 9.17) is 0 Å². The molecule has 0 saturated carbocycles. The lowest BCUT2D eigenvalue weighted by molar-refractivity contribution is 0.0635. The van der Waals surface area contributed by atoms with E-state index in [-0.39, 0.29) is 17.5 Å². The topological polar surface area (TPSA) is 20.3 Å². The molecule has 92 valence electrons. The van der Waals surface area contributed by atoms with E-state index in [2.05, 4.69) is 0 Å². The van der Waals surface area contributed by atoms with E-state index in [1.165, 1.54) is 6.07 Å². The van der Waals surface area contributed by atoms with Crippen LogP contribution in [-0.4, -0.2) is 23.4 Å². The number of likely N-dealkylation sites (tertiary alicyclic amines) is 1. The van der Waals surface area contributed by atoms with Crippen molar-refractivity contribution in [1.82, 2.24) is 4.90 Å². The third-order valence-corrected chi connectivity index (χ3v) is 3.23. The van der Waals surface area contributed by atoms with Crippen molar-refractivity contribution in [2.75, 3.05) is 6.54 Å². The molecule has 0 aromatic heterocycles. The molecule has 1 amide bonds. The first-order valence-corrected chi connectivity index (χ1v) is 5.85. The van der Waals surface area contributed by atoms with Crippen LogP contribution in [0.15, 0.2) is 18.2 Å². The Labute approximate surface area is 99.2 Å². The number of rotatable bonds is 1. The predicted molar refractivity (Wildman–Crippen MR) is 60.7 cm³/mol. The molecule has 1 heterocycles. The number of piperidine rings is 1. The minimum Gasteiger partial charge on any atom is -0.336 e. The molecule has 0 N–H and O–H groups in total. The van der Waals surface area contributed by atoms with Crippen molar-refractivity contribution in [2.24, 2.45) is 0 Å². The average Bonchev–Trinajstić information content (AvgIpc) is 2.32. The Morgan fingerprint density at radius 3 is 2.71 bits per heavy atom. The van der Waals surface area contributed by atoms with Crippen molar-refractivity contribution in [1.29, 1.82) is 0 Å². The fraction of sp³-hybridized carbons (Fsp3) is 0.462. The molecule has 2 rings (SSSR count). The van der Waals surface area contributed by atoms with Gasteiger partial charge in [0.05, 0.1) is 0 Å². The summed E-state index contributed by atoms with van der Waals surface area (Å²) in [6, 6.07) is 3.47. The summed E-state index contributed by atoms with van der Waals surface area (Å²) in [5.41, 5.74) is 0.220. The molecule has 0 radical (unpaired) electrons. The zero-order chi connectivity index (χ0) is 12.4. The summed E-state index contributed by atoms with van der Waals surface area (Å²) in [4.78, 5) is 13.8. The van der Waals surface area contributed by atoms with E-state index in [0.29, 0.717) is 6.54 Å². The summed E-state index contributed by atoms with van der Waals surface area (Å²) in [5, 5.41) is 0. The van der Waals surface area contributed by atoms with Crippen LogP contribution in [0.2, 0.25) is 0 Å². The highest BCUT2D eigenvalue weighted by molar-refractivity contribution is 5.94. The number of hydrogen-bond acceptors (Lipinski definition) is 1. The van der Waals surface area contributed by atoms with Gasteiger partial charge in [-0.2, -0.15) is 0 Å². The molecular weight excluding hydrogens is 224 g/mol. The fourth-order valence-corrected chi connectivity index (χ4v) is 2.19. The molecule has 1 saturated heterocycles. The minimum atomic E-state index is -0.972. The third kappa shape index (κ3) is 2.46. The summed E-state index contributed by atoms with van der Waals surface area (Å²) in [6.45, 7) is 2.68. The number of carbonyl (C=O) groups excluding carboxylic acids is 1. The van der Waals surface area contributed by atoms with E-state index in [1.54, 1.807) is 4.90 Å². The molecule has 1 aliphatic rings. The van der Waals surface area contributed by atoms with Crippen molar-refractivity contribution < 1.29 is 13.6 Å². The first kappa shape index (κ1) is 12.0. The van der Waals surface area contributed by atoms with Crippen LogP contribution in [0, 0.1) is 11.6 Å². The molecule has 4 heteroatoms. The number of halogens is 2. The van der Waals surface area contributed by atoms with Crippen molar-refractivity contribution in [3.63, 3.8) is 0 Å². The van der Waals surface area contributed by atoms with Gasteiger partial charge in [0.1, 0.15) is 0 Å². The number of hydrogen-bond donors (Lipinski definition) is 0. The highest BCUT2D eigenvalue weighted by Gasteiger charge is 2.24. The molecular formula is C13H15F2NO. The molecule has 2 nitrogen and oxygen atoms in total. The smallest absolute Gasteiger partial charge is 0.254 e.